The van der Waals surface area contributed by atoms with Crippen molar-refractivity contribution in [1.29, 1.82) is 0 Å². The van der Waals surface area contributed by atoms with Crippen molar-refractivity contribution in [3.63, 3.8) is 0 Å². The highest BCUT2D eigenvalue weighted by Gasteiger charge is 2.17. The van der Waals surface area contributed by atoms with Gasteiger partial charge in [0.15, 0.2) is 0 Å². The first kappa shape index (κ1) is 11.3. The zero-order valence-electron chi connectivity index (χ0n) is 9.82. The van der Waals surface area contributed by atoms with E-state index >= 15 is 0 Å². The average Bonchev–Trinajstić information content (AvgIpc) is 2.30. The number of phenols is 1. The third kappa shape index (κ3) is 2.89. The minimum Gasteiger partial charge on any atom is -0.508 e. The molecule has 0 radical (unpaired) electrons. The first-order valence-corrected chi connectivity index (χ1v) is 6.06. The van der Waals surface area contributed by atoms with E-state index in [-0.39, 0.29) is 0 Å². The van der Waals surface area contributed by atoms with E-state index in [4.69, 9.17) is 0 Å². The molecule has 0 aliphatic carbocycles. The molecule has 88 valence electrons. The van der Waals surface area contributed by atoms with Crippen LogP contribution in [-0.2, 0) is 0 Å². The lowest BCUT2D eigenvalue weighted by Crippen LogP contribution is -2.38. The molecule has 1 saturated heterocycles. The molecule has 1 fully saturated rings. The van der Waals surface area contributed by atoms with Crippen molar-refractivity contribution in [2.45, 2.75) is 25.8 Å². The van der Waals surface area contributed by atoms with Crippen LogP contribution >= 0.6 is 0 Å². The van der Waals surface area contributed by atoms with E-state index < -0.39 is 0 Å². The molecular weight excluding hydrogens is 200 g/mol. The van der Waals surface area contributed by atoms with Crippen molar-refractivity contribution < 1.29 is 5.11 Å². The monoisotopic (exact) mass is 220 g/mol. The number of anilines is 1. The van der Waals surface area contributed by atoms with Gasteiger partial charge in [0, 0.05) is 30.9 Å². The minimum atomic E-state index is 0.330. The maximum Gasteiger partial charge on any atom is 0.117 e. The molecule has 1 aromatic carbocycles. The maximum atomic E-state index is 9.37. The molecule has 0 atom stereocenters. The van der Waals surface area contributed by atoms with Gasteiger partial charge in [0.2, 0.25) is 0 Å². The van der Waals surface area contributed by atoms with Crippen LogP contribution in [0.4, 0.5) is 5.69 Å². The van der Waals surface area contributed by atoms with E-state index in [1.165, 1.54) is 25.9 Å². The number of hydrogen-bond acceptors (Lipinski definition) is 3. The number of nitrogens with one attached hydrogen (secondary N) is 1. The third-order valence-corrected chi connectivity index (χ3v) is 3.25. The number of rotatable bonds is 3. The standard InChI is InChI=1S/C13H20N2O/c1-2-15-8-6-11(7-9-15)14-12-4-3-5-13(16)10-12/h3-5,10-11,14,16H,2,6-9H2,1H3. The van der Waals surface area contributed by atoms with Crippen molar-refractivity contribution >= 4 is 5.69 Å². The summed E-state index contributed by atoms with van der Waals surface area (Å²) in [6.45, 7) is 5.71. The molecule has 1 aromatic rings. The Morgan fingerprint density at radius 2 is 2.12 bits per heavy atom. The number of benzene rings is 1. The van der Waals surface area contributed by atoms with Crippen LogP contribution in [0.3, 0.4) is 0 Å². The molecule has 0 spiro atoms. The molecule has 2 N–H and O–H groups in total. The lowest BCUT2D eigenvalue weighted by Gasteiger charge is -2.32. The normalized spacial score (nSPS) is 18.6. The van der Waals surface area contributed by atoms with Gasteiger partial charge in [-0.25, -0.2) is 0 Å². The Morgan fingerprint density at radius 3 is 2.75 bits per heavy atom. The molecule has 0 amide bonds. The molecule has 3 heteroatoms. The Kier molecular flexibility index (Phi) is 3.67. The maximum absolute atomic E-state index is 9.37. The number of phenolic OH excluding ortho intramolecular Hbond substituents is 1. The smallest absolute Gasteiger partial charge is 0.117 e. The van der Waals surface area contributed by atoms with Gasteiger partial charge >= 0.3 is 0 Å². The van der Waals surface area contributed by atoms with Gasteiger partial charge in [0.25, 0.3) is 0 Å². The molecule has 0 saturated carbocycles. The van der Waals surface area contributed by atoms with Crippen LogP contribution in [0.5, 0.6) is 5.75 Å². The molecule has 1 aliphatic heterocycles. The van der Waals surface area contributed by atoms with Crippen LogP contribution in [0.2, 0.25) is 0 Å². The summed E-state index contributed by atoms with van der Waals surface area (Å²) in [6, 6.07) is 7.91. The summed E-state index contributed by atoms with van der Waals surface area (Å²) < 4.78 is 0. The lowest BCUT2D eigenvalue weighted by molar-refractivity contribution is 0.229. The van der Waals surface area contributed by atoms with Crippen molar-refractivity contribution in [3.8, 4) is 5.75 Å². The predicted octanol–water partition coefficient (Wildman–Crippen LogP) is 2.29. The highest BCUT2D eigenvalue weighted by atomic mass is 16.3. The van der Waals surface area contributed by atoms with Gasteiger partial charge in [-0.2, -0.15) is 0 Å². The summed E-state index contributed by atoms with van der Waals surface area (Å²) in [4.78, 5) is 2.47. The fraction of sp³-hybridized carbons (Fsp3) is 0.538. The molecule has 16 heavy (non-hydrogen) atoms. The van der Waals surface area contributed by atoms with Crippen LogP contribution in [0.1, 0.15) is 19.8 Å². The molecule has 0 unspecified atom stereocenters. The SMILES string of the molecule is CCN1CCC(Nc2cccc(O)c2)CC1. The van der Waals surface area contributed by atoms with E-state index in [9.17, 15) is 5.11 Å². The highest BCUT2D eigenvalue weighted by Crippen LogP contribution is 2.19. The second-order valence-electron chi connectivity index (χ2n) is 4.40. The van der Waals surface area contributed by atoms with Crippen molar-refractivity contribution in [2.75, 3.05) is 25.0 Å². The third-order valence-electron chi connectivity index (χ3n) is 3.25. The summed E-state index contributed by atoms with van der Waals surface area (Å²) in [7, 11) is 0. The summed E-state index contributed by atoms with van der Waals surface area (Å²) in [6.07, 6.45) is 2.37. The van der Waals surface area contributed by atoms with Gasteiger partial charge < -0.3 is 15.3 Å². The van der Waals surface area contributed by atoms with Crippen LogP contribution < -0.4 is 5.32 Å². The van der Waals surface area contributed by atoms with Crippen molar-refractivity contribution in [1.82, 2.24) is 4.90 Å². The lowest BCUT2D eigenvalue weighted by atomic mass is 10.0. The Balaban J connectivity index is 1.87. The molecular formula is C13H20N2O. The summed E-state index contributed by atoms with van der Waals surface area (Å²) >= 11 is 0. The Morgan fingerprint density at radius 1 is 1.38 bits per heavy atom. The zero-order valence-corrected chi connectivity index (χ0v) is 9.82. The molecule has 1 aliphatic rings. The highest BCUT2D eigenvalue weighted by molar-refractivity contribution is 5.48. The Bertz CT molecular complexity index is 332. The van der Waals surface area contributed by atoms with Gasteiger partial charge in [0.1, 0.15) is 5.75 Å². The Labute approximate surface area is 97.1 Å². The first-order chi connectivity index (χ1) is 7.78. The van der Waals surface area contributed by atoms with Crippen molar-refractivity contribution in [3.05, 3.63) is 24.3 Å². The van der Waals surface area contributed by atoms with E-state index in [1.54, 1.807) is 12.1 Å². The zero-order chi connectivity index (χ0) is 11.4. The second-order valence-corrected chi connectivity index (χ2v) is 4.40. The predicted molar refractivity (Wildman–Crippen MR) is 66.9 cm³/mol. The number of nitrogens with zero attached hydrogens (tertiary/aromatic N) is 1. The van der Waals surface area contributed by atoms with Gasteiger partial charge in [-0.3, -0.25) is 0 Å². The number of aromatic hydroxyl groups is 1. The van der Waals surface area contributed by atoms with E-state index in [2.05, 4.69) is 17.1 Å². The first-order valence-electron chi connectivity index (χ1n) is 6.06. The van der Waals surface area contributed by atoms with Crippen molar-refractivity contribution in [2.24, 2.45) is 0 Å². The second kappa shape index (κ2) is 5.21. The van der Waals surface area contributed by atoms with E-state index in [0.717, 1.165) is 12.2 Å². The number of likely N-dealkylation sites (tertiary alicyclic amines) is 1. The van der Waals surface area contributed by atoms with Crippen LogP contribution in [0, 0.1) is 0 Å². The quantitative estimate of drug-likeness (QED) is 0.820. The van der Waals surface area contributed by atoms with E-state index in [1.807, 2.05) is 12.1 Å². The minimum absolute atomic E-state index is 0.330. The summed E-state index contributed by atoms with van der Waals surface area (Å²) in [5.41, 5.74) is 1.02. The molecule has 3 nitrogen and oxygen atoms in total. The van der Waals surface area contributed by atoms with Gasteiger partial charge in [0.05, 0.1) is 0 Å². The fourth-order valence-electron chi connectivity index (χ4n) is 2.22. The number of piperidine rings is 1. The van der Waals surface area contributed by atoms with Crippen LogP contribution in [0.15, 0.2) is 24.3 Å². The molecule has 0 bridgehead atoms. The fourth-order valence-corrected chi connectivity index (χ4v) is 2.22. The van der Waals surface area contributed by atoms with E-state index in [0.29, 0.717) is 11.8 Å². The summed E-state index contributed by atoms with van der Waals surface area (Å²) in [5.74, 6) is 0.330. The average molecular weight is 220 g/mol. The van der Waals surface area contributed by atoms with Gasteiger partial charge in [-0.15, -0.1) is 0 Å². The largest absolute Gasteiger partial charge is 0.508 e. The summed E-state index contributed by atoms with van der Waals surface area (Å²) in [5, 5.41) is 12.9. The molecule has 0 aromatic heterocycles. The van der Waals surface area contributed by atoms with Crippen LogP contribution in [-0.4, -0.2) is 35.7 Å². The van der Waals surface area contributed by atoms with Gasteiger partial charge in [-0.05, 0) is 31.5 Å². The molecule has 1 heterocycles. The van der Waals surface area contributed by atoms with Gasteiger partial charge in [-0.1, -0.05) is 13.0 Å². The Hall–Kier alpha value is -1.22. The van der Waals surface area contributed by atoms with Crippen LogP contribution in [0.25, 0.3) is 0 Å². The number of hydrogen-bond donors (Lipinski definition) is 2. The topological polar surface area (TPSA) is 35.5 Å². The molecule has 2 rings (SSSR count).